The molecule has 2 heterocycles. The summed E-state index contributed by atoms with van der Waals surface area (Å²) in [6, 6.07) is 19.2. The van der Waals surface area contributed by atoms with Crippen molar-refractivity contribution in [2.75, 3.05) is 0 Å². The van der Waals surface area contributed by atoms with Gasteiger partial charge in [-0.1, -0.05) is 0 Å². The van der Waals surface area contributed by atoms with E-state index in [0.29, 0.717) is 52.0 Å². The number of rotatable bonds is 7. The van der Waals surface area contributed by atoms with Crippen LogP contribution < -0.4 is 0 Å². The largest absolute Gasteiger partial charge is 0.294 e. The van der Waals surface area contributed by atoms with Gasteiger partial charge < -0.3 is 0 Å². The number of benzene rings is 3. The number of aromatic nitrogens is 4. The normalized spacial score (nSPS) is 11.2. The Morgan fingerprint density at radius 3 is 1.97 bits per heavy atom. The van der Waals surface area contributed by atoms with Gasteiger partial charge in [0, 0.05) is 36.4 Å². The fraction of sp³-hybridized carbons (Fsp3) is 0.143. The molecular formula is C28H22F2N4O. The van der Waals surface area contributed by atoms with Crippen LogP contribution in [-0.2, 0) is 13.5 Å². The molecule has 3 aromatic carbocycles. The molecule has 0 saturated carbocycles. The van der Waals surface area contributed by atoms with Crippen molar-refractivity contribution in [2.45, 2.75) is 19.3 Å². The van der Waals surface area contributed by atoms with Gasteiger partial charge in [-0.3, -0.25) is 9.48 Å². The molecule has 0 atom stereocenters. The molecule has 7 heteroatoms. The summed E-state index contributed by atoms with van der Waals surface area (Å²) in [5, 5.41) is 4.35. The second kappa shape index (κ2) is 9.54. The van der Waals surface area contributed by atoms with Crippen LogP contribution in [0.25, 0.3) is 33.5 Å². The molecule has 0 aliphatic carbocycles. The van der Waals surface area contributed by atoms with Crippen LogP contribution in [0, 0.1) is 11.6 Å². The van der Waals surface area contributed by atoms with Crippen LogP contribution >= 0.6 is 0 Å². The van der Waals surface area contributed by atoms with E-state index in [1.165, 1.54) is 24.3 Å². The lowest BCUT2D eigenvalue weighted by Crippen LogP contribution is -2.02. The van der Waals surface area contributed by atoms with E-state index in [9.17, 15) is 13.6 Å². The lowest BCUT2D eigenvalue weighted by atomic mass is 10.0. The van der Waals surface area contributed by atoms with Crippen molar-refractivity contribution in [1.82, 2.24) is 19.7 Å². The Hall–Kier alpha value is -4.26. The van der Waals surface area contributed by atoms with Gasteiger partial charge in [-0.25, -0.2) is 18.7 Å². The van der Waals surface area contributed by atoms with E-state index in [2.05, 4.69) is 5.10 Å². The fourth-order valence-electron chi connectivity index (χ4n) is 4.02. The maximum Gasteiger partial charge on any atom is 0.162 e. The van der Waals surface area contributed by atoms with Crippen molar-refractivity contribution in [3.63, 3.8) is 0 Å². The molecule has 0 aliphatic heterocycles. The molecule has 0 saturated heterocycles. The van der Waals surface area contributed by atoms with Crippen LogP contribution in [0.2, 0.25) is 0 Å². The van der Waals surface area contributed by atoms with Gasteiger partial charge in [0.2, 0.25) is 0 Å². The van der Waals surface area contributed by atoms with Crippen LogP contribution in [0.5, 0.6) is 0 Å². The SMILES string of the molecule is Cn1ccc(CCCC(=O)c2ccc3nc(-c4ccc(F)cc4)c(-c4ccc(F)cc4)nc3c2)n1. The number of Topliss-reactive ketones (excluding diaryl/α,β-unsaturated/α-hetero) is 1. The maximum atomic E-state index is 13.6. The quantitative estimate of drug-likeness (QED) is 0.268. The molecule has 0 amide bonds. The first-order valence-electron chi connectivity index (χ1n) is 11.3. The van der Waals surface area contributed by atoms with Crippen molar-refractivity contribution in [1.29, 1.82) is 0 Å². The van der Waals surface area contributed by atoms with Gasteiger partial charge in [0.25, 0.3) is 0 Å². The Balaban J connectivity index is 1.48. The highest BCUT2D eigenvalue weighted by atomic mass is 19.1. The van der Waals surface area contributed by atoms with Crippen LogP contribution in [-0.4, -0.2) is 25.5 Å². The number of hydrogen-bond donors (Lipinski definition) is 0. The molecule has 0 aliphatic rings. The second-order valence-electron chi connectivity index (χ2n) is 8.40. The molecule has 0 fully saturated rings. The third-order valence-corrected chi connectivity index (χ3v) is 5.83. The zero-order valence-corrected chi connectivity index (χ0v) is 19.1. The zero-order valence-electron chi connectivity index (χ0n) is 19.1. The standard InChI is InChI=1S/C28H22F2N4O/c1-34-16-15-23(33-34)3-2-4-26(35)20-9-14-24-25(17-20)32-28(19-7-12-22(30)13-8-19)27(31-24)18-5-10-21(29)11-6-18/h5-17H,2-4H2,1H3. The van der Waals surface area contributed by atoms with E-state index < -0.39 is 0 Å². The highest BCUT2D eigenvalue weighted by molar-refractivity contribution is 5.99. The van der Waals surface area contributed by atoms with Crippen LogP contribution in [0.1, 0.15) is 28.9 Å². The van der Waals surface area contributed by atoms with Crippen molar-refractivity contribution in [3.05, 3.63) is 102 Å². The molecule has 0 N–H and O–H groups in total. The Kier molecular flexibility index (Phi) is 6.14. The summed E-state index contributed by atoms with van der Waals surface area (Å²) in [4.78, 5) is 22.4. The maximum absolute atomic E-state index is 13.6. The lowest BCUT2D eigenvalue weighted by Gasteiger charge is -2.11. The summed E-state index contributed by atoms with van der Waals surface area (Å²) in [7, 11) is 1.87. The average molecular weight is 469 g/mol. The minimum Gasteiger partial charge on any atom is -0.294 e. The van der Waals surface area contributed by atoms with Crippen LogP contribution in [0.4, 0.5) is 8.78 Å². The van der Waals surface area contributed by atoms with Gasteiger partial charge in [-0.15, -0.1) is 0 Å². The predicted octanol–water partition coefficient (Wildman–Crippen LogP) is 6.18. The third kappa shape index (κ3) is 4.99. The number of ketones is 1. The van der Waals surface area contributed by atoms with E-state index in [4.69, 9.17) is 9.97 Å². The number of halogens is 2. The van der Waals surface area contributed by atoms with E-state index in [0.717, 1.165) is 12.1 Å². The molecule has 5 rings (SSSR count). The molecular weight excluding hydrogens is 446 g/mol. The number of aryl methyl sites for hydroxylation is 2. The molecule has 2 aromatic heterocycles. The topological polar surface area (TPSA) is 60.7 Å². The summed E-state index contributed by atoms with van der Waals surface area (Å²) >= 11 is 0. The van der Waals surface area contributed by atoms with Gasteiger partial charge in [0.15, 0.2) is 5.78 Å². The summed E-state index contributed by atoms with van der Waals surface area (Å²) in [6.07, 6.45) is 3.71. The molecule has 35 heavy (non-hydrogen) atoms. The minimum atomic E-state index is -0.357. The number of carbonyl (C=O) groups is 1. The summed E-state index contributed by atoms with van der Waals surface area (Å²) < 4.78 is 28.8. The van der Waals surface area contributed by atoms with E-state index in [-0.39, 0.29) is 17.4 Å². The first-order chi connectivity index (χ1) is 17.0. The zero-order chi connectivity index (χ0) is 24.4. The molecule has 0 spiro atoms. The van der Waals surface area contributed by atoms with Crippen molar-refractivity contribution < 1.29 is 13.6 Å². The van der Waals surface area contributed by atoms with Gasteiger partial charge in [0.05, 0.1) is 28.1 Å². The summed E-state index contributed by atoms with van der Waals surface area (Å²) in [6.45, 7) is 0. The van der Waals surface area contributed by atoms with Crippen molar-refractivity contribution in [3.8, 4) is 22.5 Å². The molecule has 5 nitrogen and oxygen atoms in total. The molecule has 0 unspecified atom stereocenters. The number of carbonyl (C=O) groups excluding carboxylic acids is 1. The Labute approximate surface area is 201 Å². The minimum absolute atomic E-state index is 0.0237. The van der Waals surface area contributed by atoms with Crippen LogP contribution in [0.15, 0.2) is 79.0 Å². The summed E-state index contributed by atoms with van der Waals surface area (Å²) in [5.74, 6) is -0.683. The van der Waals surface area contributed by atoms with Gasteiger partial charge in [0.1, 0.15) is 11.6 Å². The first kappa shape index (κ1) is 22.5. The van der Waals surface area contributed by atoms with Crippen molar-refractivity contribution >= 4 is 16.8 Å². The number of nitrogens with zero attached hydrogens (tertiary/aromatic N) is 4. The average Bonchev–Trinajstić information content (AvgIpc) is 3.28. The van der Waals surface area contributed by atoms with Gasteiger partial charge in [-0.2, -0.15) is 5.10 Å². The van der Waals surface area contributed by atoms with Gasteiger partial charge in [-0.05, 0) is 85.6 Å². The Bertz CT molecular complexity index is 1510. The predicted molar refractivity (Wildman–Crippen MR) is 131 cm³/mol. The monoisotopic (exact) mass is 468 g/mol. The van der Waals surface area contributed by atoms with E-state index in [1.807, 2.05) is 19.3 Å². The lowest BCUT2D eigenvalue weighted by molar-refractivity contribution is 0.0980. The highest BCUT2D eigenvalue weighted by Crippen LogP contribution is 2.31. The first-order valence-corrected chi connectivity index (χ1v) is 11.3. The molecule has 174 valence electrons. The summed E-state index contributed by atoms with van der Waals surface area (Å²) in [5.41, 5.74) is 5.14. The van der Waals surface area contributed by atoms with Crippen molar-refractivity contribution in [2.24, 2.45) is 7.05 Å². The number of hydrogen-bond acceptors (Lipinski definition) is 4. The molecule has 0 bridgehead atoms. The van der Waals surface area contributed by atoms with Crippen LogP contribution in [0.3, 0.4) is 0 Å². The Morgan fingerprint density at radius 1 is 0.800 bits per heavy atom. The molecule has 0 radical (unpaired) electrons. The Morgan fingerprint density at radius 2 is 1.40 bits per heavy atom. The smallest absolute Gasteiger partial charge is 0.162 e. The third-order valence-electron chi connectivity index (χ3n) is 5.83. The van der Waals surface area contributed by atoms with E-state index >= 15 is 0 Å². The second-order valence-corrected chi connectivity index (χ2v) is 8.40. The van der Waals surface area contributed by atoms with Gasteiger partial charge >= 0.3 is 0 Å². The number of fused-ring (bicyclic) bond motifs is 1. The van der Waals surface area contributed by atoms with E-state index in [1.54, 1.807) is 47.1 Å². The fourth-order valence-corrected chi connectivity index (χ4v) is 4.02. The molecule has 5 aromatic rings. The highest BCUT2D eigenvalue weighted by Gasteiger charge is 2.15.